The first kappa shape index (κ1) is 14.7. The summed E-state index contributed by atoms with van der Waals surface area (Å²) in [5.41, 5.74) is 0.356. The lowest BCUT2D eigenvalue weighted by Gasteiger charge is -2.27. The molecule has 21 heavy (non-hydrogen) atoms. The third kappa shape index (κ3) is 2.89. The third-order valence-electron chi connectivity index (χ3n) is 4.69. The molecule has 2 saturated heterocycles. The Bertz CT molecular complexity index is 483. The minimum Gasteiger partial charge on any atom is -0.367 e. The van der Waals surface area contributed by atoms with Gasteiger partial charge in [-0.3, -0.25) is 0 Å². The molecule has 0 N–H and O–H groups in total. The van der Waals surface area contributed by atoms with Gasteiger partial charge in [0.05, 0.1) is 5.56 Å². The standard InChI is InChI=1S/C16H21F3N2/c1-2-8-20-10-12-7-9-21(15(12)11-20)14-5-3-13(4-6-14)16(17,18)19/h3-6,12,15H,2,7-11H2,1H3. The Labute approximate surface area is 123 Å². The van der Waals surface area contributed by atoms with E-state index < -0.39 is 11.7 Å². The van der Waals surface area contributed by atoms with Crippen LogP contribution >= 0.6 is 0 Å². The molecule has 2 unspecified atom stereocenters. The highest BCUT2D eigenvalue weighted by Gasteiger charge is 2.41. The van der Waals surface area contributed by atoms with E-state index in [1.54, 1.807) is 12.1 Å². The van der Waals surface area contributed by atoms with Crippen LogP contribution < -0.4 is 4.90 Å². The molecule has 2 fully saturated rings. The Morgan fingerprint density at radius 2 is 1.86 bits per heavy atom. The van der Waals surface area contributed by atoms with Crippen LogP contribution in [0.3, 0.4) is 0 Å². The van der Waals surface area contributed by atoms with Gasteiger partial charge >= 0.3 is 6.18 Å². The van der Waals surface area contributed by atoms with Crippen LogP contribution in [0, 0.1) is 5.92 Å². The molecule has 116 valence electrons. The smallest absolute Gasteiger partial charge is 0.367 e. The van der Waals surface area contributed by atoms with Crippen LogP contribution in [0.1, 0.15) is 25.3 Å². The van der Waals surface area contributed by atoms with Gasteiger partial charge in [-0.15, -0.1) is 0 Å². The summed E-state index contributed by atoms with van der Waals surface area (Å²) in [6.45, 7) is 6.44. The van der Waals surface area contributed by atoms with Crippen molar-refractivity contribution in [2.45, 2.75) is 32.0 Å². The molecule has 3 rings (SSSR count). The SMILES string of the molecule is CCCN1CC2CCN(c3ccc(C(F)(F)F)cc3)C2C1. The molecule has 0 aliphatic carbocycles. The molecule has 1 aromatic rings. The largest absolute Gasteiger partial charge is 0.416 e. The zero-order chi connectivity index (χ0) is 15.0. The first-order valence-electron chi connectivity index (χ1n) is 7.65. The van der Waals surface area contributed by atoms with E-state index in [-0.39, 0.29) is 0 Å². The lowest BCUT2D eigenvalue weighted by molar-refractivity contribution is -0.137. The van der Waals surface area contributed by atoms with E-state index in [0.29, 0.717) is 12.0 Å². The van der Waals surface area contributed by atoms with Crippen LogP contribution in [0.15, 0.2) is 24.3 Å². The average Bonchev–Trinajstić information content (AvgIpc) is 2.98. The summed E-state index contributed by atoms with van der Waals surface area (Å²) in [6.07, 6.45) is -1.96. The van der Waals surface area contributed by atoms with Crippen molar-refractivity contribution < 1.29 is 13.2 Å². The van der Waals surface area contributed by atoms with Gasteiger partial charge in [0, 0.05) is 31.4 Å². The van der Waals surface area contributed by atoms with E-state index >= 15 is 0 Å². The molecular weight excluding hydrogens is 277 g/mol. The molecule has 5 heteroatoms. The fourth-order valence-corrected chi connectivity index (χ4v) is 3.71. The van der Waals surface area contributed by atoms with Gasteiger partial charge in [-0.2, -0.15) is 13.2 Å². The van der Waals surface area contributed by atoms with Crippen molar-refractivity contribution in [3.05, 3.63) is 29.8 Å². The zero-order valence-corrected chi connectivity index (χ0v) is 12.2. The Morgan fingerprint density at radius 3 is 2.48 bits per heavy atom. The maximum atomic E-state index is 12.6. The lowest BCUT2D eigenvalue weighted by atomic mass is 10.0. The van der Waals surface area contributed by atoms with Gasteiger partial charge in [-0.25, -0.2) is 0 Å². The van der Waals surface area contributed by atoms with Crippen molar-refractivity contribution in [1.82, 2.24) is 4.90 Å². The molecule has 0 bridgehead atoms. The van der Waals surface area contributed by atoms with Crippen molar-refractivity contribution in [2.75, 3.05) is 31.1 Å². The molecular formula is C16H21F3N2. The third-order valence-corrected chi connectivity index (χ3v) is 4.69. The first-order valence-corrected chi connectivity index (χ1v) is 7.65. The summed E-state index contributed by atoms with van der Waals surface area (Å²) in [4.78, 5) is 4.77. The van der Waals surface area contributed by atoms with Gasteiger partial charge in [0.2, 0.25) is 0 Å². The number of benzene rings is 1. The van der Waals surface area contributed by atoms with Crippen LogP contribution in [0.5, 0.6) is 0 Å². The van der Waals surface area contributed by atoms with Crippen LogP contribution in [-0.4, -0.2) is 37.1 Å². The zero-order valence-electron chi connectivity index (χ0n) is 12.2. The second-order valence-electron chi connectivity index (χ2n) is 6.11. The molecule has 0 saturated carbocycles. The maximum absolute atomic E-state index is 12.6. The summed E-state index contributed by atoms with van der Waals surface area (Å²) < 4.78 is 37.9. The Morgan fingerprint density at radius 1 is 1.14 bits per heavy atom. The molecule has 2 atom stereocenters. The quantitative estimate of drug-likeness (QED) is 0.841. The van der Waals surface area contributed by atoms with Gasteiger partial charge in [0.1, 0.15) is 0 Å². The van der Waals surface area contributed by atoms with Gasteiger partial charge in [-0.1, -0.05) is 6.92 Å². The van der Waals surface area contributed by atoms with Crippen LogP contribution in [0.4, 0.5) is 18.9 Å². The molecule has 0 amide bonds. The monoisotopic (exact) mass is 298 g/mol. The fraction of sp³-hybridized carbons (Fsp3) is 0.625. The number of rotatable bonds is 3. The Kier molecular flexibility index (Phi) is 3.86. The molecule has 1 aromatic carbocycles. The highest BCUT2D eigenvalue weighted by molar-refractivity contribution is 5.50. The van der Waals surface area contributed by atoms with Gasteiger partial charge in [0.25, 0.3) is 0 Å². The number of anilines is 1. The molecule has 2 aliphatic heterocycles. The van der Waals surface area contributed by atoms with Crippen molar-refractivity contribution in [1.29, 1.82) is 0 Å². The highest BCUT2D eigenvalue weighted by Crippen LogP contribution is 2.36. The Hall–Kier alpha value is -1.23. The second kappa shape index (κ2) is 5.52. The molecule has 0 aromatic heterocycles. The number of hydrogen-bond donors (Lipinski definition) is 0. The average molecular weight is 298 g/mol. The molecule has 2 heterocycles. The number of hydrogen-bond acceptors (Lipinski definition) is 2. The van der Waals surface area contributed by atoms with Crippen LogP contribution in [-0.2, 0) is 6.18 Å². The van der Waals surface area contributed by atoms with Crippen molar-refractivity contribution >= 4 is 5.69 Å². The van der Waals surface area contributed by atoms with E-state index in [2.05, 4.69) is 16.7 Å². The summed E-state index contributed by atoms with van der Waals surface area (Å²) >= 11 is 0. The predicted molar refractivity (Wildman–Crippen MR) is 77.4 cm³/mol. The second-order valence-corrected chi connectivity index (χ2v) is 6.11. The maximum Gasteiger partial charge on any atom is 0.416 e. The molecule has 0 spiro atoms. The lowest BCUT2D eigenvalue weighted by Crippen LogP contribution is -2.35. The minimum atomic E-state index is -4.25. The van der Waals surface area contributed by atoms with E-state index in [9.17, 15) is 13.2 Å². The highest BCUT2D eigenvalue weighted by atomic mass is 19.4. The van der Waals surface area contributed by atoms with E-state index in [4.69, 9.17) is 0 Å². The van der Waals surface area contributed by atoms with Crippen molar-refractivity contribution in [3.8, 4) is 0 Å². The van der Waals surface area contributed by atoms with E-state index in [0.717, 1.165) is 44.7 Å². The fourth-order valence-electron chi connectivity index (χ4n) is 3.71. The first-order chi connectivity index (χ1) is 9.99. The predicted octanol–water partition coefficient (Wildman–Crippen LogP) is 3.63. The Balaban J connectivity index is 1.73. The molecule has 0 radical (unpaired) electrons. The number of nitrogens with zero attached hydrogens (tertiary/aromatic N) is 2. The van der Waals surface area contributed by atoms with E-state index in [1.807, 2.05) is 0 Å². The van der Waals surface area contributed by atoms with Crippen LogP contribution in [0.25, 0.3) is 0 Å². The summed E-state index contributed by atoms with van der Waals surface area (Å²) in [6, 6.07) is 6.10. The summed E-state index contributed by atoms with van der Waals surface area (Å²) in [7, 11) is 0. The number of halogens is 3. The van der Waals surface area contributed by atoms with Crippen molar-refractivity contribution in [2.24, 2.45) is 5.92 Å². The molecule has 2 nitrogen and oxygen atoms in total. The minimum absolute atomic E-state index is 0.466. The number of likely N-dealkylation sites (tertiary alicyclic amines) is 1. The van der Waals surface area contributed by atoms with Crippen molar-refractivity contribution in [3.63, 3.8) is 0 Å². The number of fused-ring (bicyclic) bond motifs is 1. The van der Waals surface area contributed by atoms with Gasteiger partial charge < -0.3 is 9.80 Å². The summed E-state index contributed by atoms with van der Waals surface area (Å²) in [5.74, 6) is 0.666. The molecule has 2 aliphatic rings. The topological polar surface area (TPSA) is 6.48 Å². The normalized spacial score (nSPS) is 26.4. The van der Waals surface area contributed by atoms with Gasteiger partial charge in [0.15, 0.2) is 0 Å². The van der Waals surface area contributed by atoms with E-state index in [1.165, 1.54) is 12.1 Å². The number of alkyl halides is 3. The van der Waals surface area contributed by atoms with Crippen LogP contribution in [0.2, 0.25) is 0 Å². The summed E-state index contributed by atoms with van der Waals surface area (Å²) in [5, 5.41) is 0. The van der Waals surface area contributed by atoms with Gasteiger partial charge in [-0.05, 0) is 49.6 Å².